The lowest BCUT2D eigenvalue weighted by atomic mass is 10.1. The molecule has 2 aromatic rings. The second-order valence-corrected chi connectivity index (χ2v) is 4.48. The summed E-state index contributed by atoms with van der Waals surface area (Å²) in [6.07, 6.45) is -0.671. The molecule has 4 nitrogen and oxygen atoms in total. The minimum atomic E-state index is -1.12. The van der Waals surface area contributed by atoms with Crippen LogP contribution in [0.1, 0.15) is 18.6 Å². The SMILES string of the molecule is CC(O)c1cccc(NC(=O)Nc2cccc(F)c2F)c1. The molecule has 2 rings (SSSR count). The van der Waals surface area contributed by atoms with Crippen molar-refractivity contribution in [1.82, 2.24) is 0 Å². The Morgan fingerprint density at radius 3 is 2.57 bits per heavy atom. The van der Waals surface area contributed by atoms with E-state index >= 15 is 0 Å². The minimum Gasteiger partial charge on any atom is -0.389 e. The number of aliphatic hydroxyl groups excluding tert-OH is 1. The molecule has 0 aromatic heterocycles. The average molecular weight is 292 g/mol. The van der Waals surface area contributed by atoms with E-state index < -0.39 is 23.8 Å². The number of hydrogen-bond donors (Lipinski definition) is 3. The van der Waals surface area contributed by atoms with Gasteiger partial charge in [0.05, 0.1) is 11.8 Å². The molecule has 0 spiro atoms. The number of aliphatic hydroxyl groups is 1. The third-order valence-electron chi connectivity index (χ3n) is 2.83. The average Bonchev–Trinajstić information content (AvgIpc) is 2.44. The minimum absolute atomic E-state index is 0.251. The zero-order valence-electron chi connectivity index (χ0n) is 11.2. The molecular formula is C15H14F2N2O2. The highest BCUT2D eigenvalue weighted by molar-refractivity contribution is 5.99. The summed E-state index contributed by atoms with van der Waals surface area (Å²) < 4.78 is 26.4. The van der Waals surface area contributed by atoms with Crippen molar-refractivity contribution in [2.45, 2.75) is 13.0 Å². The summed E-state index contributed by atoms with van der Waals surface area (Å²) in [6.45, 7) is 1.60. The van der Waals surface area contributed by atoms with Gasteiger partial charge in [-0.15, -0.1) is 0 Å². The Balaban J connectivity index is 2.08. The summed E-state index contributed by atoms with van der Waals surface area (Å²) in [4.78, 5) is 11.8. The Kier molecular flexibility index (Phi) is 4.49. The summed E-state index contributed by atoms with van der Waals surface area (Å²) in [7, 11) is 0. The number of anilines is 2. The van der Waals surface area contributed by atoms with Crippen molar-refractivity contribution in [3.05, 3.63) is 59.7 Å². The van der Waals surface area contributed by atoms with Gasteiger partial charge in [0.15, 0.2) is 11.6 Å². The van der Waals surface area contributed by atoms with Crippen LogP contribution in [0.2, 0.25) is 0 Å². The smallest absolute Gasteiger partial charge is 0.323 e. The van der Waals surface area contributed by atoms with Gasteiger partial charge in [-0.3, -0.25) is 0 Å². The molecule has 0 aliphatic rings. The van der Waals surface area contributed by atoms with Gasteiger partial charge in [-0.2, -0.15) is 0 Å². The van der Waals surface area contributed by atoms with Crippen LogP contribution in [0.4, 0.5) is 25.0 Å². The van der Waals surface area contributed by atoms with Crippen LogP contribution in [0, 0.1) is 11.6 Å². The third-order valence-corrected chi connectivity index (χ3v) is 2.83. The predicted molar refractivity (Wildman–Crippen MR) is 76.1 cm³/mol. The lowest BCUT2D eigenvalue weighted by molar-refractivity contribution is 0.199. The molecule has 0 saturated heterocycles. The van der Waals surface area contributed by atoms with Crippen molar-refractivity contribution in [2.24, 2.45) is 0 Å². The van der Waals surface area contributed by atoms with E-state index in [1.54, 1.807) is 31.2 Å². The van der Waals surface area contributed by atoms with Crippen LogP contribution < -0.4 is 10.6 Å². The standard InChI is InChI=1S/C15H14F2N2O2/c1-9(20)10-4-2-5-11(8-10)18-15(21)19-13-7-3-6-12(16)14(13)17/h2-9,20H,1H3,(H2,18,19,21). The molecule has 6 heteroatoms. The Bertz CT molecular complexity index is 660. The maximum absolute atomic E-state index is 13.4. The van der Waals surface area contributed by atoms with Crippen molar-refractivity contribution in [1.29, 1.82) is 0 Å². The van der Waals surface area contributed by atoms with Crippen LogP contribution in [0.15, 0.2) is 42.5 Å². The molecule has 0 aliphatic heterocycles. The van der Waals surface area contributed by atoms with E-state index in [1.807, 2.05) is 0 Å². The van der Waals surface area contributed by atoms with Gasteiger partial charge in [-0.1, -0.05) is 18.2 Å². The van der Waals surface area contributed by atoms with Crippen molar-refractivity contribution in [3.63, 3.8) is 0 Å². The Morgan fingerprint density at radius 2 is 1.86 bits per heavy atom. The Morgan fingerprint density at radius 1 is 1.14 bits per heavy atom. The van der Waals surface area contributed by atoms with Gasteiger partial charge in [-0.05, 0) is 36.8 Å². The largest absolute Gasteiger partial charge is 0.389 e. The van der Waals surface area contributed by atoms with Crippen LogP contribution in [-0.2, 0) is 0 Å². The summed E-state index contributed by atoms with van der Waals surface area (Å²) in [5.41, 5.74) is 0.812. The molecule has 0 fully saturated rings. The first-order valence-electron chi connectivity index (χ1n) is 6.27. The molecule has 2 aromatic carbocycles. The lowest BCUT2D eigenvalue weighted by Gasteiger charge is -2.10. The first-order valence-corrected chi connectivity index (χ1v) is 6.27. The Labute approximate surface area is 120 Å². The van der Waals surface area contributed by atoms with Crippen molar-refractivity contribution in [2.75, 3.05) is 10.6 Å². The number of hydrogen-bond acceptors (Lipinski definition) is 2. The van der Waals surface area contributed by atoms with Gasteiger partial charge in [0, 0.05) is 5.69 Å². The van der Waals surface area contributed by atoms with Gasteiger partial charge in [0.2, 0.25) is 0 Å². The van der Waals surface area contributed by atoms with E-state index in [2.05, 4.69) is 10.6 Å². The monoisotopic (exact) mass is 292 g/mol. The molecule has 21 heavy (non-hydrogen) atoms. The first kappa shape index (κ1) is 14.9. The van der Waals surface area contributed by atoms with E-state index in [1.165, 1.54) is 12.1 Å². The summed E-state index contributed by atoms with van der Waals surface area (Å²) >= 11 is 0. The topological polar surface area (TPSA) is 61.4 Å². The molecule has 0 heterocycles. The molecule has 0 bridgehead atoms. The zero-order chi connectivity index (χ0) is 15.4. The normalized spacial score (nSPS) is 11.8. The number of amides is 2. The molecular weight excluding hydrogens is 278 g/mol. The van der Waals surface area contributed by atoms with Gasteiger partial charge >= 0.3 is 6.03 Å². The predicted octanol–water partition coefficient (Wildman–Crippen LogP) is 3.66. The molecule has 0 radical (unpaired) electrons. The van der Waals surface area contributed by atoms with Crippen LogP contribution in [0.25, 0.3) is 0 Å². The number of carbonyl (C=O) groups excluding carboxylic acids is 1. The maximum atomic E-state index is 13.4. The zero-order valence-corrected chi connectivity index (χ0v) is 11.2. The number of urea groups is 1. The van der Waals surface area contributed by atoms with Crippen molar-refractivity contribution in [3.8, 4) is 0 Å². The molecule has 0 saturated carbocycles. The van der Waals surface area contributed by atoms with Crippen molar-refractivity contribution >= 4 is 17.4 Å². The molecule has 0 aliphatic carbocycles. The van der Waals surface area contributed by atoms with E-state index in [9.17, 15) is 18.7 Å². The highest BCUT2D eigenvalue weighted by atomic mass is 19.2. The molecule has 2 amide bonds. The van der Waals surface area contributed by atoms with Gasteiger partial charge in [0.25, 0.3) is 0 Å². The second kappa shape index (κ2) is 6.32. The summed E-state index contributed by atoms with van der Waals surface area (Å²) in [6, 6.07) is 9.39. The Hall–Kier alpha value is -2.47. The van der Waals surface area contributed by atoms with Crippen LogP contribution in [0.3, 0.4) is 0 Å². The molecule has 3 N–H and O–H groups in total. The van der Waals surface area contributed by atoms with Crippen LogP contribution in [-0.4, -0.2) is 11.1 Å². The fourth-order valence-corrected chi connectivity index (χ4v) is 1.76. The third kappa shape index (κ3) is 3.76. The summed E-state index contributed by atoms with van der Waals surface area (Å²) in [5.74, 6) is -2.16. The van der Waals surface area contributed by atoms with E-state index in [0.717, 1.165) is 6.07 Å². The van der Waals surface area contributed by atoms with Gasteiger partial charge in [-0.25, -0.2) is 13.6 Å². The van der Waals surface area contributed by atoms with Crippen LogP contribution >= 0.6 is 0 Å². The number of carbonyl (C=O) groups is 1. The molecule has 110 valence electrons. The first-order chi connectivity index (χ1) is 9.97. The van der Waals surface area contributed by atoms with Crippen LogP contribution in [0.5, 0.6) is 0 Å². The van der Waals surface area contributed by atoms with E-state index in [4.69, 9.17) is 0 Å². The van der Waals surface area contributed by atoms with Gasteiger partial charge in [0.1, 0.15) is 0 Å². The molecule has 1 atom stereocenters. The lowest BCUT2D eigenvalue weighted by Crippen LogP contribution is -2.20. The van der Waals surface area contributed by atoms with E-state index in [0.29, 0.717) is 11.3 Å². The number of nitrogens with one attached hydrogen (secondary N) is 2. The number of halogens is 2. The molecule has 1 unspecified atom stereocenters. The fourth-order valence-electron chi connectivity index (χ4n) is 1.76. The second-order valence-electron chi connectivity index (χ2n) is 4.48. The quantitative estimate of drug-likeness (QED) is 0.808. The number of benzene rings is 2. The fraction of sp³-hybridized carbons (Fsp3) is 0.133. The van der Waals surface area contributed by atoms with Gasteiger partial charge < -0.3 is 15.7 Å². The highest BCUT2D eigenvalue weighted by Gasteiger charge is 2.11. The number of rotatable bonds is 3. The van der Waals surface area contributed by atoms with Crippen molar-refractivity contribution < 1.29 is 18.7 Å². The maximum Gasteiger partial charge on any atom is 0.323 e. The summed E-state index contributed by atoms with van der Waals surface area (Å²) in [5, 5.41) is 14.2. The van der Waals surface area contributed by atoms with E-state index in [-0.39, 0.29) is 5.69 Å². The highest BCUT2D eigenvalue weighted by Crippen LogP contribution is 2.19.